The van der Waals surface area contributed by atoms with Crippen molar-refractivity contribution in [2.24, 2.45) is 0 Å². The van der Waals surface area contributed by atoms with Crippen LogP contribution in [-0.4, -0.2) is 66.3 Å². The maximum atomic E-state index is 9.26. The van der Waals surface area contributed by atoms with Crippen LogP contribution < -0.4 is 4.90 Å². The van der Waals surface area contributed by atoms with Crippen molar-refractivity contribution in [3.63, 3.8) is 0 Å². The van der Waals surface area contributed by atoms with E-state index in [1.807, 2.05) is 11.8 Å². The summed E-state index contributed by atoms with van der Waals surface area (Å²) in [6.45, 7) is 5.61. The first-order valence-electron chi connectivity index (χ1n) is 10.6. The number of hydrogen-bond acceptors (Lipinski definition) is 5. The van der Waals surface area contributed by atoms with E-state index in [0.717, 1.165) is 26.2 Å². The molecule has 1 N–H and O–H groups in total. The molecule has 2 unspecified atom stereocenters. The number of likely N-dealkylation sites (tertiary alicyclic amines) is 1. The largest absolute Gasteiger partial charge is 0.395 e. The predicted molar refractivity (Wildman–Crippen MR) is 130 cm³/mol. The molecule has 0 radical (unpaired) electrons. The molecule has 2 saturated heterocycles. The second-order valence-electron chi connectivity index (χ2n) is 8.15. The average molecular weight is 468 g/mol. The van der Waals surface area contributed by atoms with E-state index in [-0.39, 0.29) is 31.4 Å². The maximum Gasteiger partial charge on any atom is 0.0558 e. The number of piperazine rings is 1. The molecule has 0 amide bonds. The molecule has 0 spiro atoms. The minimum absolute atomic E-state index is 0. The topological polar surface area (TPSA) is 30.0 Å². The quantitative estimate of drug-likeness (QED) is 0.666. The Hall–Kier alpha value is -0.950. The van der Waals surface area contributed by atoms with E-state index in [1.165, 1.54) is 47.0 Å². The fourth-order valence-electron chi connectivity index (χ4n) is 5.20. The van der Waals surface area contributed by atoms with Crippen LogP contribution in [0.3, 0.4) is 0 Å². The normalized spacial score (nSPS) is 22.6. The summed E-state index contributed by atoms with van der Waals surface area (Å²) in [5.41, 5.74) is 2.70. The third-order valence-corrected chi connectivity index (χ3v) is 7.59. The van der Waals surface area contributed by atoms with E-state index in [0.29, 0.717) is 12.1 Å². The highest BCUT2D eigenvalue weighted by Gasteiger charge is 2.39. The predicted octanol–water partition coefficient (Wildman–Crippen LogP) is 4.66. The fourth-order valence-corrected chi connectivity index (χ4v) is 6.30. The molecular formula is C23H31Cl2N3OS. The number of benzene rings is 2. The number of aliphatic hydroxyl groups excluding tert-OH is 1. The van der Waals surface area contributed by atoms with Gasteiger partial charge in [0.25, 0.3) is 0 Å². The summed E-state index contributed by atoms with van der Waals surface area (Å²) < 4.78 is 0. The number of aliphatic hydroxyl groups is 1. The van der Waals surface area contributed by atoms with Gasteiger partial charge in [0.2, 0.25) is 0 Å². The molecule has 5 rings (SSSR count). The Morgan fingerprint density at radius 2 is 1.37 bits per heavy atom. The van der Waals surface area contributed by atoms with Gasteiger partial charge in [0, 0.05) is 54.6 Å². The van der Waals surface area contributed by atoms with Gasteiger partial charge in [-0.05, 0) is 43.5 Å². The van der Waals surface area contributed by atoms with Crippen LogP contribution in [0.2, 0.25) is 0 Å². The zero-order valence-electron chi connectivity index (χ0n) is 17.2. The zero-order chi connectivity index (χ0) is 18.9. The third kappa shape index (κ3) is 4.62. The van der Waals surface area contributed by atoms with Crippen LogP contribution in [-0.2, 0) is 0 Å². The Balaban J connectivity index is 0.00000128. The summed E-state index contributed by atoms with van der Waals surface area (Å²) >= 11 is 1.89. The Bertz CT molecular complexity index is 780. The molecule has 0 saturated carbocycles. The van der Waals surface area contributed by atoms with Crippen molar-refractivity contribution in [3.8, 4) is 0 Å². The number of anilines is 2. The summed E-state index contributed by atoms with van der Waals surface area (Å²) in [5.74, 6) is 0. The van der Waals surface area contributed by atoms with Gasteiger partial charge in [-0.1, -0.05) is 36.0 Å². The van der Waals surface area contributed by atoms with E-state index < -0.39 is 0 Å². The number of fused-ring (bicyclic) bond motifs is 4. The third-order valence-electron chi connectivity index (χ3n) is 6.46. The van der Waals surface area contributed by atoms with Gasteiger partial charge in [0.05, 0.1) is 18.0 Å². The van der Waals surface area contributed by atoms with E-state index >= 15 is 0 Å². The second kappa shape index (κ2) is 10.6. The first-order chi connectivity index (χ1) is 13.8. The van der Waals surface area contributed by atoms with E-state index in [4.69, 9.17) is 0 Å². The molecule has 2 aromatic carbocycles. The van der Waals surface area contributed by atoms with Crippen LogP contribution in [0, 0.1) is 0 Å². The highest BCUT2D eigenvalue weighted by atomic mass is 35.5. The maximum absolute atomic E-state index is 9.26. The Kier molecular flexibility index (Phi) is 8.36. The molecule has 3 aliphatic rings. The standard InChI is InChI=1S/C23H29N3OS.2ClH/c27-15-14-24-16-18-10-11-19(17-24)25(18)12-5-13-26-20-6-1-3-8-22(20)28-23-9-4-2-7-21(23)26;;/h1-4,6-9,18-19,27H,5,10-17H2;2*1H. The lowest BCUT2D eigenvalue weighted by Gasteiger charge is -2.41. The van der Waals surface area contributed by atoms with Crippen LogP contribution in [0.5, 0.6) is 0 Å². The van der Waals surface area contributed by atoms with Crippen molar-refractivity contribution >= 4 is 48.0 Å². The van der Waals surface area contributed by atoms with E-state index in [9.17, 15) is 5.11 Å². The Labute approximate surface area is 196 Å². The smallest absolute Gasteiger partial charge is 0.0558 e. The van der Waals surface area contributed by atoms with Gasteiger partial charge in [-0.15, -0.1) is 24.8 Å². The van der Waals surface area contributed by atoms with E-state index in [2.05, 4.69) is 63.2 Å². The molecule has 2 atom stereocenters. The lowest BCUT2D eigenvalue weighted by molar-refractivity contribution is 0.0563. The van der Waals surface area contributed by atoms with Gasteiger partial charge in [-0.25, -0.2) is 0 Å². The van der Waals surface area contributed by atoms with Crippen molar-refractivity contribution in [1.29, 1.82) is 0 Å². The van der Waals surface area contributed by atoms with Crippen molar-refractivity contribution in [3.05, 3.63) is 48.5 Å². The molecule has 2 bridgehead atoms. The summed E-state index contributed by atoms with van der Waals surface area (Å²) in [6, 6.07) is 19.0. The second-order valence-corrected chi connectivity index (χ2v) is 9.23. The molecule has 4 nitrogen and oxygen atoms in total. The number of halogens is 2. The van der Waals surface area contributed by atoms with Gasteiger partial charge >= 0.3 is 0 Å². The minimum Gasteiger partial charge on any atom is -0.395 e. The summed E-state index contributed by atoms with van der Waals surface area (Å²) in [4.78, 5) is 10.4. The molecule has 7 heteroatoms. The summed E-state index contributed by atoms with van der Waals surface area (Å²) in [6.07, 6.45) is 3.82. The monoisotopic (exact) mass is 467 g/mol. The zero-order valence-corrected chi connectivity index (χ0v) is 19.6. The van der Waals surface area contributed by atoms with Crippen LogP contribution in [0.15, 0.2) is 58.3 Å². The van der Waals surface area contributed by atoms with E-state index in [1.54, 1.807) is 0 Å². The molecular weight excluding hydrogens is 437 g/mol. The fraction of sp³-hybridized carbons (Fsp3) is 0.478. The lowest BCUT2D eigenvalue weighted by atomic mass is 10.1. The number of rotatable bonds is 6. The Morgan fingerprint density at radius 3 is 1.93 bits per heavy atom. The number of nitrogens with zero attached hydrogens (tertiary/aromatic N) is 3. The van der Waals surface area contributed by atoms with Crippen molar-refractivity contribution < 1.29 is 5.11 Å². The molecule has 2 fully saturated rings. The van der Waals surface area contributed by atoms with Gasteiger partial charge in [-0.3, -0.25) is 9.80 Å². The van der Waals surface area contributed by atoms with Gasteiger partial charge < -0.3 is 10.0 Å². The number of β-amino-alcohol motifs (C(OH)–C–C–N with tert-alkyl or cyclic N) is 1. The first kappa shape index (κ1) is 23.7. The molecule has 0 aromatic heterocycles. The molecule has 3 aliphatic heterocycles. The number of hydrogen-bond donors (Lipinski definition) is 1. The van der Waals surface area contributed by atoms with Crippen LogP contribution in [0.4, 0.5) is 11.4 Å². The first-order valence-corrected chi connectivity index (χ1v) is 11.4. The highest BCUT2D eigenvalue weighted by molar-refractivity contribution is 7.99. The molecule has 30 heavy (non-hydrogen) atoms. The molecule has 2 aromatic rings. The Morgan fingerprint density at radius 1 is 0.800 bits per heavy atom. The number of para-hydroxylation sites is 2. The van der Waals surface area contributed by atoms with Crippen LogP contribution >= 0.6 is 36.6 Å². The van der Waals surface area contributed by atoms with Crippen molar-refractivity contribution in [2.45, 2.75) is 41.1 Å². The molecule has 0 aliphatic carbocycles. The molecule has 3 heterocycles. The minimum atomic E-state index is 0. The van der Waals surface area contributed by atoms with Gasteiger partial charge in [0.1, 0.15) is 0 Å². The highest BCUT2D eigenvalue weighted by Crippen LogP contribution is 2.47. The summed E-state index contributed by atoms with van der Waals surface area (Å²) in [5, 5.41) is 9.26. The van der Waals surface area contributed by atoms with Gasteiger partial charge in [0.15, 0.2) is 0 Å². The van der Waals surface area contributed by atoms with Crippen molar-refractivity contribution in [2.75, 3.05) is 44.2 Å². The van der Waals surface area contributed by atoms with Gasteiger partial charge in [-0.2, -0.15) is 0 Å². The lowest BCUT2D eigenvalue weighted by Crippen LogP contribution is -2.54. The molecule has 164 valence electrons. The average Bonchev–Trinajstić information content (AvgIpc) is 2.96. The van der Waals surface area contributed by atoms with Crippen LogP contribution in [0.1, 0.15) is 19.3 Å². The summed E-state index contributed by atoms with van der Waals surface area (Å²) in [7, 11) is 0. The SMILES string of the molecule is Cl.Cl.OCCN1CC2CCC(C1)N2CCCN1c2ccccc2Sc2ccccc21. The van der Waals surface area contributed by atoms with Crippen LogP contribution in [0.25, 0.3) is 0 Å². The van der Waals surface area contributed by atoms with Crippen molar-refractivity contribution in [1.82, 2.24) is 9.80 Å².